The molecule has 0 aliphatic carbocycles. The van der Waals surface area contributed by atoms with Gasteiger partial charge in [-0.3, -0.25) is 18.8 Å². The largest absolute Gasteiger partial charge is 0.493 e. The molecular weight excluding hydrogens is 362 g/mol. The Kier molecular flexibility index (Phi) is 4.50. The first-order valence-electron chi connectivity index (χ1n) is 8.96. The SMILES string of the molecule is COc1cc2nc3n(c(=O)c2cc1OC)CCN(C(=O)c1ccnn1C)CC3. The minimum Gasteiger partial charge on any atom is -0.493 e. The predicted molar refractivity (Wildman–Crippen MR) is 102 cm³/mol. The van der Waals surface area contributed by atoms with Gasteiger partial charge in [0, 0.05) is 45.4 Å². The van der Waals surface area contributed by atoms with E-state index in [9.17, 15) is 9.59 Å². The maximum Gasteiger partial charge on any atom is 0.272 e. The molecule has 2 aromatic heterocycles. The Morgan fingerprint density at radius 2 is 1.86 bits per heavy atom. The molecule has 0 atom stereocenters. The molecule has 1 amide bonds. The molecule has 0 saturated carbocycles. The number of hydrogen-bond donors (Lipinski definition) is 0. The van der Waals surface area contributed by atoms with E-state index in [-0.39, 0.29) is 11.5 Å². The summed E-state index contributed by atoms with van der Waals surface area (Å²) in [4.78, 5) is 32.3. The van der Waals surface area contributed by atoms with Crippen molar-refractivity contribution in [2.75, 3.05) is 27.3 Å². The van der Waals surface area contributed by atoms with Crippen molar-refractivity contribution >= 4 is 16.8 Å². The Labute approximate surface area is 161 Å². The number of hydrogen-bond acceptors (Lipinski definition) is 6. The van der Waals surface area contributed by atoms with Crippen molar-refractivity contribution in [3.63, 3.8) is 0 Å². The first kappa shape index (κ1) is 18.0. The maximum absolute atomic E-state index is 13.1. The van der Waals surface area contributed by atoms with Crippen LogP contribution in [0.3, 0.4) is 0 Å². The monoisotopic (exact) mass is 383 g/mol. The minimum atomic E-state index is -0.143. The van der Waals surface area contributed by atoms with Gasteiger partial charge in [0.15, 0.2) is 11.5 Å². The topological polar surface area (TPSA) is 91.5 Å². The second-order valence-electron chi connectivity index (χ2n) is 6.59. The molecule has 0 unspecified atom stereocenters. The first-order valence-corrected chi connectivity index (χ1v) is 8.96. The van der Waals surface area contributed by atoms with Crippen molar-refractivity contribution in [2.45, 2.75) is 13.0 Å². The standard InChI is InChI=1S/C19H21N5O4/c1-22-14(4-6-20-22)19(26)23-7-5-17-21-13-11-16(28-3)15(27-2)10-12(13)18(25)24(17)9-8-23/h4,6,10-11H,5,7-9H2,1-3H3. The molecule has 1 aromatic carbocycles. The number of rotatable bonds is 3. The molecule has 1 aliphatic heterocycles. The number of fused-ring (bicyclic) bond motifs is 2. The van der Waals surface area contributed by atoms with Crippen LogP contribution in [-0.2, 0) is 20.0 Å². The normalized spacial score (nSPS) is 13.9. The Morgan fingerprint density at radius 3 is 2.54 bits per heavy atom. The second-order valence-corrected chi connectivity index (χ2v) is 6.59. The third-order valence-electron chi connectivity index (χ3n) is 5.06. The van der Waals surface area contributed by atoms with E-state index in [1.807, 2.05) is 0 Å². The fraction of sp³-hybridized carbons (Fsp3) is 0.368. The van der Waals surface area contributed by atoms with Gasteiger partial charge in [-0.15, -0.1) is 0 Å². The lowest BCUT2D eigenvalue weighted by Crippen LogP contribution is -2.35. The number of ether oxygens (including phenoxy) is 2. The van der Waals surface area contributed by atoms with Gasteiger partial charge in [-0.1, -0.05) is 0 Å². The zero-order valence-corrected chi connectivity index (χ0v) is 16.0. The lowest BCUT2D eigenvalue weighted by molar-refractivity contribution is 0.0748. The lowest BCUT2D eigenvalue weighted by atomic mass is 10.2. The van der Waals surface area contributed by atoms with Crippen LogP contribution < -0.4 is 15.0 Å². The molecule has 28 heavy (non-hydrogen) atoms. The summed E-state index contributed by atoms with van der Waals surface area (Å²) in [7, 11) is 4.81. The smallest absolute Gasteiger partial charge is 0.272 e. The van der Waals surface area contributed by atoms with Crippen LogP contribution in [0.15, 0.2) is 29.2 Å². The molecule has 3 heterocycles. The van der Waals surface area contributed by atoms with Crippen LogP contribution in [0.2, 0.25) is 0 Å². The van der Waals surface area contributed by atoms with Crippen molar-refractivity contribution in [3.05, 3.63) is 46.3 Å². The summed E-state index contributed by atoms with van der Waals surface area (Å²) in [5.74, 6) is 1.56. The summed E-state index contributed by atoms with van der Waals surface area (Å²) in [6.07, 6.45) is 2.09. The number of amides is 1. The quantitative estimate of drug-likeness (QED) is 0.666. The van der Waals surface area contributed by atoms with E-state index < -0.39 is 0 Å². The van der Waals surface area contributed by atoms with E-state index in [1.54, 1.807) is 52.7 Å². The highest BCUT2D eigenvalue weighted by atomic mass is 16.5. The van der Waals surface area contributed by atoms with Gasteiger partial charge >= 0.3 is 0 Å². The summed E-state index contributed by atoms with van der Waals surface area (Å²) in [6.45, 7) is 1.29. The average Bonchev–Trinajstić information content (AvgIpc) is 3.01. The highest BCUT2D eigenvalue weighted by molar-refractivity contribution is 5.92. The van der Waals surface area contributed by atoms with Crippen LogP contribution in [0.5, 0.6) is 11.5 Å². The van der Waals surface area contributed by atoms with Crippen LogP contribution in [0.1, 0.15) is 16.3 Å². The second kappa shape index (κ2) is 6.99. The maximum atomic E-state index is 13.1. The van der Waals surface area contributed by atoms with Crippen molar-refractivity contribution < 1.29 is 14.3 Å². The van der Waals surface area contributed by atoms with Gasteiger partial charge in [-0.2, -0.15) is 5.10 Å². The van der Waals surface area contributed by atoms with Gasteiger partial charge in [-0.05, 0) is 12.1 Å². The lowest BCUT2D eigenvalue weighted by Gasteiger charge is -2.19. The third-order valence-corrected chi connectivity index (χ3v) is 5.06. The number of aryl methyl sites for hydroxylation is 1. The number of carbonyl (C=O) groups is 1. The summed E-state index contributed by atoms with van der Waals surface area (Å²) in [5, 5.41) is 4.52. The highest BCUT2D eigenvalue weighted by Crippen LogP contribution is 2.30. The van der Waals surface area contributed by atoms with E-state index >= 15 is 0 Å². The van der Waals surface area contributed by atoms with Gasteiger partial charge in [0.2, 0.25) is 0 Å². The van der Waals surface area contributed by atoms with E-state index in [2.05, 4.69) is 10.1 Å². The summed E-state index contributed by atoms with van der Waals surface area (Å²) >= 11 is 0. The van der Waals surface area contributed by atoms with Crippen molar-refractivity contribution in [3.8, 4) is 11.5 Å². The van der Waals surface area contributed by atoms with E-state index in [0.29, 0.717) is 60.0 Å². The molecule has 3 aromatic rings. The summed E-state index contributed by atoms with van der Waals surface area (Å²) in [5.41, 5.74) is 0.932. The third kappa shape index (κ3) is 2.88. The van der Waals surface area contributed by atoms with E-state index in [4.69, 9.17) is 9.47 Å². The van der Waals surface area contributed by atoms with E-state index in [1.165, 1.54) is 7.11 Å². The molecule has 0 saturated heterocycles. The van der Waals surface area contributed by atoms with Gasteiger partial charge < -0.3 is 14.4 Å². The van der Waals surface area contributed by atoms with Crippen molar-refractivity contribution in [1.82, 2.24) is 24.2 Å². The van der Waals surface area contributed by atoms with Crippen LogP contribution >= 0.6 is 0 Å². The molecule has 4 rings (SSSR count). The van der Waals surface area contributed by atoms with Gasteiger partial charge in [0.1, 0.15) is 11.5 Å². The van der Waals surface area contributed by atoms with Crippen LogP contribution in [-0.4, -0.2) is 57.4 Å². The van der Waals surface area contributed by atoms with Crippen molar-refractivity contribution in [2.24, 2.45) is 7.05 Å². The Bertz CT molecular complexity index is 1120. The summed E-state index contributed by atoms with van der Waals surface area (Å²) in [6, 6.07) is 5.05. The molecule has 9 nitrogen and oxygen atoms in total. The van der Waals surface area contributed by atoms with Crippen LogP contribution in [0.25, 0.3) is 10.9 Å². The molecule has 0 N–H and O–H groups in total. The highest BCUT2D eigenvalue weighted by Gasteiger charge is 2.24. The Hall–Kier alpha value is -3.36. The number of methoxy groups -OCH3 is 2. The molecular formula is C19H21N5O4. The Balaban J connectivity index is 1.71. The molecule has 9 heteroatoms. The first-order chi connectivity index (χ1) is 13.5. The van der Waals surface area contributed by atoms with Crippen LogP contribution in [0.4, 0.5) is 0 Å². The fourth-order valence-electron chi connectivity index (χ4n) is 3.53. The molecule has 0 radical (unpaired) electrons. The van der Waals surface area contributed by atoms with Crippen LogP contribution in [0, 0.1) is 0 Å². The molecule has 146 valence electrons. The Morgan fingerprint density at radius 1 is 1.11 bits per heavy atom. The number of benzene rings is 1. The average molecular weight is 383 g/mol. The van der Waals surface area contributed by atoms with Gasteiger partial charge in [0.05, 0.1) is 25.1 Å². The number of aromatic nitrogens is 4. The summed E-state index contributed by atoms with van der Waals surface area (Å²) < 4.78 is 13.8. The van der Waals surface area contributed by atoms with Crippen molar-refractivity contribution in [1.29, 1.82) is 0 Å². The number of nitrogens with zero attached hydrogens (tertiary/aromatic N) is 5. The van der Waals surface area contributed by atoms with Gasteiger partial charge in [-0.25, -0.2) is 4.98 Å². The fourth-order valence-corrected chi connectivity index (χ4v) is 3.53. The molecule has 0 spiro atoms. The number of carbonyl (C=O) groups excluding carboxylic acids is 1. The molecule has 0 fully saturated rings. The zero-order valence-electron chi connectivity index (χ0n) is 16.0. The zero-order chi connectivity index (χ0) is 19.8. The molecule has 1 aliphatic rings. The van der Waals surface area contributed by atoms with Gasteiger partial charge in [0.25, 0.3) is 11.5 Å². The predicted octanol–water partition coefficient (Wildman–Crippen LogP) is 0.846. The van der Waals surface area contributed by atoms with E-state index in [0.717, 1.165) is 0 Å². The molecule has 0 bridgehead atoms. The minimum absolute atomic E-state index is 0.103.